The highest BCUT2D eigenvalue weighted by atomic mass is 16.1. The largest absolute Gasteiger partial charge is 0.297 e. The minimum absolute atomic E-state index is 0.0770. The van der Waals surface area contributed by atoms with E-state index in [4.69, 9.17) is 0 Å². The summed E-state index contributed by atoms with van der Waals surface area (Å²) in [4.78, 5) is 14.7. The summed E-state index contributed by atoms with van der Waals surface area (Å²) in [5, 5.41) is 0. The second-order valence-corrected chi connectivity index (χ2v) is 5.75. The van der Waals surface area contributed by atoms with Gasteiger partial charge in [0.05, 0.1) is 6.04 Å². The van der Waals surface area contributed by atoms with Crippen molar-refractivity contribution in [2.45, 2.75) is 32.7 Å². The lowest BCUT2D eigenvalue weighted by atomic mass is 9.94. The van der Waals surface area contributed by atoms with Crippen molar-refractivity contribution in [1.29, 1.82) is 0 Å². The zero-order valence-electron chi connectivity index (χ0n) is 11.6. The summed E-state index contributed by atoms with van der Waals surface area (Å²) in [5.41, 5.74) is 1.12. The molecule has 1 aromatic rings. The van der Waals surface area contributed by atoms with E-state index in [1.165, 1.54) is 12.8 Å². The maximum atomic E-state index is 12.4. The van der Waals surface area contributed by atoms with Gasteiger partial charge < -0.3 is 0 Å². The summed E-state index contributed by atoms with van der Waals surface area (Å²) in [5.74, 6) is 1.21. The summed E-state index contributed by atoms with van der Waals surface area (Å²) in [6.07, 6.45) is 2.64. The molecule has 1 aliphatic carbocycles. The van der Waals surface area contributed by atoms with Crippen molar-refractivity contribution < 1.29 is 4.79 Å². The molecule has 2 rings (SSSR count). The molecule has 0 bridgehead atoms. The van der Waals surface area contributed by atoms with Crippen LogP contribution in [-0.4, -0.2) is 24.3 Å². The van der Waals surface area contributed by atoms with Crippen molar-refractivity contribution in [3.05, 3.63) is 35.9 Å². The summed E-state index contributed by atoms with van der Waals surface area (Å²) in [6, 6.07) is 10.1. The third-order valence-electron chi connectivity index (χ3n) is 3.64. The molecule has 0 amide bonds. The zero-order valence-corrected chi connectivity index (χ0v) is 11.6. The number of hydrogen-bond donors (Lipinski definition) is 0. The predicted molar refractivity (Wildman–Crippen MR) is 74.4 cm³/mol. The summed E-state index contributed by atoms with van der Waals surface area (Å²) < 4.78 is 0. The van der Waals surface area contributed by atoms with Crippen LogP contribution in [0.3, 0.4) is 0 Å². The third-order valence-corrected chi connectivity index (χ3v) is 3.64. The molecule has 1 aliphatic rings. The van der Waals surface area contributed by atoms with Gasteiger partial charge in [0, 0.05) is 12.5 Å². The Bertz CT molecular complexity index is 395. The molecule has 1 saturated carbocycles. The lowest BCUT2D eigenvalue weighted by Crippen LogP contribution is -2.34. The number of carbonyl (C=O) groups is 1. The minimum Gasteiger partial charge on any atom is -0.297 e. The molecule has 0 saturated heterocycles. The number of hydrogen-bond acceptors (Lipinski definition) is 2. The molecule has 1 unspecified atom stereocenters. The van der Waals surface area contributed by atoms with Gasteiger partial charge in [-0.3, -0.25) is 9.69 Å². The summed E-state index contributed by atoms with van der Waals surface area (Å²) in [6.45, 7) is 5.02. The molecule has 1 atom stereocenters. The van der Waals surface area contributed by atoms with Crippen molar-refractivity contribution in [1.82, 2.24) is 4.90 Å². The van der Waals surface area contributed by atoms with E-state index in [9.17, 15) is 4.79 Å². The van der Waals surface area contributed by atoms with Gasteiger partial charge in [-0.15, -0.1) is 0 Å². The molecule has 18 heavy (non-hydrogen) atoms. The van der Waals surface area contributed by atoms with E-state index in [1.54, 1.807) is 0 Å². The average Bonchev–Trinajstić information content (AvgIpc) is 3.14. The number of ketones is 1. The molecule has 1 aromatic carbocycles. The van der Waals surface area contributed by atoms with Gasteiger partial charge in [-0.05, 0) is 31.4 Å². The van der Waals surface area contributed by atoms with Gasteiger partial charge in [0.1, 0.15) is 0 Å². The van der Waals surface area contributed by atoms with E-state index in [0.717, 1.165) is 18.0 Å². The van der Waals surface area contributed by atoms with E-state index in [-0.39, 0.29) is 12.0 Å². The maximum absolute atomic E-state index is 12.4. The second kappa shape index (κ2) is 5.66. The van der Waals surface area contributed by atoms with Crippen LogP contribution in [0.15, 0.2) is 30.3 Å². The Hall–Kier alpha value is -1.15. The molecule has 2 heteroatoms. The number of carbonyl (C=O) groups excluding carboxylic acids is 1. The number of likely N-dealkylation sites (N-methyl/N-ethyl adjacent to an activating group) is 1. The number of nitrogens with zero attached hydrogens (tertiary/aromatic N) is 1. The summed E-state index contributed by atoms with van der Waals surface area (Å²) >= 11 is 0. The quantitative estimate of drug-likeness (QED) is 0.766. The highest BCUT2D eigenvalue weighted by Crippen LogP contribution is 2.33. The molecule has 98 valence electrons. The van der Waals surface area contributed by atoms with Crippen molar-refractivity contribution in [2.24, 2.45) is 11.8 Å². The first-order valence-electron chi connectivity index (χ1n) is 6.88. The van der Waals surface area contributed by atoms with Crippen LogP contribution in [0.4, 0.5) is 0 Å². The van der Waals surface area contributed by atoms with Crippen molar-refractivity contribution in [3.63, 3.8) is 0 Å². The Balaban J connectivity index is 2.18. The molecule has 0 spiro atoms. The topological polar surface area (TPSA) is 20.3 Å². The van der Waals surface area contributed by atoms with Crippen LogP contribution in [0, 0.1) is 11.8 Å². The maximum Gasteiger partial charge on any atom is 0.156 e. The summed E-state index contributed by atoms with van der Waals surface area (Å²) in [7, 11) is 2.08. The molecule has 0 radical (unpaired) electrons. The molecule has 0 aromatic heterocycles. The minimum atomic E-state index is -0.0770. The fourth-order valence-electron chi connectivity index (χ4n) is 2.40. The van der Waals surface area contributed by atoms with Gasteiger partial charge in [0.25, 0.3) is 0 Å². The van der Waals surface area contributed by atoms with Crippen LogP contribution in [0.5, 0.6) is 0 Å². The van der Waals surface area contributed by atoms with Crippen LogP contribution in [-0.2, 0) is 4.79 Å². The van der Waals surface area contributed by atoms with Crippen LogP contribution in [0.1, 0.15) is 38.3 Å². The van der Waals surface area contributed by atoms with Crippen molar-refractivity contribution >= 4 is 5.78 Å². The van der Waals surface area contributed by atoms with E-state index in [1.807, 2.05) is 32.0 Å². The van der Waals surface area contributed by atoms with Gasteiger partial charge in [0.15, 0.2) is 5.78 Å². The standard InChI is InChI=1S/C16H23NO/c1-12(2)16(18)15(14-7-5-4-6-8-14)17(3)11-13-9-10-13/h4-8,12-13,15H,9-11H2,1-3H3. The first-order chi connectivity index (χ1) is 8.59. The van der Waals surface area contributed by atoms with Crippen molar-refractivity contribution in [2.75, 3.05) is 13.6 Å². The lowest BCUT2D eigenvalue weighted by molar-refractivity contribution is -0.127. The van der Waals surface area contributed by atoms with E-state index in [0.29, 0.717) is 5.78 Å². The first kappa shape index (κ1) is 13.3. The predicted octanol–water partition coefficient (Wildman–Crippen LogP) is 3.29. The number of rotatable bonds is 6. The van der Waals surface area contributed by atoms with Crippen LogP contribution in [0.2, 0.25) is 0 Å². The Kier molecular flexibility index (Phi) is 4.18. The lowest BCUT2D eigenvalue weighted by Gasteiger charge is -2.28. The molecule has 0 N–H and O–H groups in total. The second-order valence-electron chi connectivity index (χ2n) is 5.75. The Morgan fingerprint density at radius 3 is 2.39 bits per heavy atom. The first-order valence-corrected chi connectivity index (χ1v) is 6.88. The smallest absolute Gasteiger partial charge is 0.156 e. The molecule has 1 fully saturated rings. The molecular formula is C16H23NO. The van der Waals surface area contributed by atoms with Gasteiger partial charge in [-0.25, -0.2) is 0 Å². The Morgan fingerprint density at radius 1 is 1.28 bits per heavy atom. The van der Waals surface area contributed by atoms with Crippen LogP contribution >= 0.6 is 0 Å². The van der Waals surface area contributed by atoms with Gasteiger partial charge >= 0.3 is 0 Å². The average molecular weight is 245 g/mol. The normalized spacial score (nSPS) is 17.2. The Labute approximate surface area is 110 Å². The molecule has 0 aliphatic heterocycles. The molecular weight excluding hydrogens is 222 g/mol. The highest BCUT2D eigenvalue weighted by Gasteiger charge is 2.31. The van der Waals surface area contributed by atoms with Crippen molar-refractivity contribution in [3.8, 4) is 0 Å². The highest BCUT2D eigenvalue weighted by molar-refractivity contribution is 5.86. The fraction of sp³-hybridized carbons (Fsp3) is 0.562. The molecule has 0 heterocycles. The zero-order chi connectivity index (χ0) is 13.1. The Morgan fingerprint density at radius 2 is 1.89 bits per heavy atom. The van der Waals surface area contributed by atoms with Gasteiger partial charge in [-0.2, -0.15) is 0 Å². The number of benzene rings is 1. The third kappa shape index (κ3) is 3.20. The number of Topliss-reactive ketones (excluding diaryl/α,β-unsaturated/α-hetero) is 1. The van der Waals surface area contributed by atoms with Gasteiger partial charge in [-0.1, -0.05) is 44.2 Å². The monoisotopic (exact) mass is 245 g/mol. The SMILES string of the molecule is CC(C)C(=O)C(c1ccccc1)N(C)CC1CC1. The van der Waals surface area contributed by atoms with Crippen LogP contribution < -0.4 is 0 Å². The van der Waals surface area contributed by atoms with E-state index >= 15 is 0 Å². The molecule has 2 nitrogen and oxygen atoms in total. The van der Waals surface area contributed by atoms with E-state index < -0.39 is 0 Å². The fourth-order valence-corrected chi connectivity index (χ4v) is 2.40. The van der Waals surface area contributed by atoms with E-state index in [2.05, 4.69) is 24.1 Å². The van der Waals surface area contributed by atoms with Crippen LogP contribution in [0.25, 0.3) is 0 Å². The van der Waals surface area contributed by atoms with Gasteiger partial charge in [0.2, 0.25) is 0 Å².